The van der Waals surface area contributed by atoms with Crippen molar-refractivity contribution in [2.45, 2.75) is 75.5 Å². The molecule has 1 aliphatic rings. The number of rotatable bonds is 9. The highest BCUT2D eigenvalue weighted by Gasteiger charge is 2.39. The lowest BCUT2D eigenvalue weighted by Gasteiger charge is -2.37. The van der Waals surface area contributed by atoms with E-state index < -0.39 is 10.8 Å². The van der Waals surface area contributed by atoms with Crippen molar-refractivity contribution >= 4 is 10.8 Å². The standard InChI is InChI=1S/C25H35NO3S/c1-4-6-13-25(14-7-5-2)18-30(28)23-15-20(17-27)22(29-3)16-21(23)24(26-25)19-11-9-8-10-12-19/h8-12,15-16,24,26-27H,4-7,13-14,17-18H2,1-3H3. The second-order valence-electron chi connectivity index (χ2n) is 8.33. The van der Waals surface area contributed by atoms with Crippen molar-refractivity contribution in [2.24, 2.45) is 0 Å². The van der Waals surface area contributed by atoms with Crippen LogP contribution >= 0.6 is 0 Å². The van der Waals surface area contributed by atoms with Crippen LogP contribution in [0.3, 0.4) is 0 Å². The quantitative estimate of drug-likeness (QED) is 0.582. The van der Waals surface area contributed by atoms with Gasteiger partial charge in [0, 0.05) is 21.8 Å². The summed E-state index contributed by atoms with van der Waals surface area (Å²) in [5, 5.41) is 13.8. The number of ether oxygens (including phenoxy) is 1. The minimum Gasteiger partial charge on any atom is -0.496 e. The smallest absolute Gasteiger partial charge is 0.124 e. The molecule has 0 aromatic heterocycles. The zero-order chi connectivity index (χ0) is 21.6. The van der Waals surface area contributed by atoms with E-state index in [0.717, 1.165) is 54.5 Å². The third kappa shape index (κ3) is 4.96. The number of fused-ring (bicyclic) bond motifs is 1. The lowest BCUT2D eigenvalue weighted by Crippen LogP contribution is -2.50. The number of nitrogens with one attached hydrogen (secondary N) is 1. The van der Waals surface area contributed by atoms with Gasteiger partial charge in [-0.3, -0.25) is 9.53 Å². The van der Waals surface area contributed by atoms with E-state index in [9.17, 15) is 9.32 Å². The fraction of sp³-hybridized carbons (Fsp3) is 0.520. The lowest BCUT2D eigenvalue weighted by atomic mass is 9.86. The summed E-state index contributed by atoms with van der Waals surface area (Å²) in [5.74, 6) is 1.24. The Morgan fingerprint density at radius 2 is 1.80 bits per heavy atom. The number of unbranched alkanes of at least 4 members (excludes halogenated alkanes) is 2. The van der Waals surface area contributed by atoms with E-state index in [0.29, 0.717) is 17.1 Å². The van der Waals surface area contributed by atoms with Gasteiger partial charge in [0.05, 0.1) is 30.6 Å². The number of benzene rings is 2. The lowest BCUT2D eigenvalue weighted by molar-refractivity contribution is 0.272. The van der Waals surface area contributed by atoms with Gasteiger partial charge in [0.25, 0.3) is 0 Å². The normalized spacial score (nSPS) is 20.4. The maximum Gasteiger partial charge on any atom is 0.124 e. The Labute approximate surface area is 183 Å². The zero-order valence-corrected chi connectivity index (χ0v) is 19.3. The summed E-state index contributed by atoms with van der Waals surface area (Å²) in [6.45, 7) is 4.29. The molecule has 0 bridgehead atoms. The minimum absolute atomic E-state index is 0.0667. The molecule has 0 spiro atoms. The van der Waals surface area contributed by atoms with Gasteiger partial charge in [-0.05, 0) is 36.1 Å². The Morgan fingerprint density at radius 1 is 1.13 bits per heavy atom. The van der Waals surface area contributed by atoms with Gasteiger partial charge in [0.2, 0.25) is 0 Å². The first-order valence-electron chi connectivity index (χ1n) is 11.1. The summed E-state index contributed by atoms with van der Waals surface area (Å²) < 4.78 is 19.2. The molecule has 0 fully saturated rings. The van der Waals surface area contributed by atoms with Crippen molar-refractivity contribution in [3.05, 3.63) is 59.2 Å². The number of aliphatic hydroxyl groups is 1. The van der Waals surface area contributed by atoms with Gasteiger partial charge >= 0.3 is 0 Å². The topological polar surface area (TPSA) is 58.6 Å². The first-order valence-corrected chi connectivity index (χ1v) is 12.4. The fourth-order valence-corrected chi connectivity index (χ4v) is 6.20. The molecule has 0 amide bonds. The van der Waals surface area contributed by atoms with Crippen LogP contribution < -0.4 is 10.1 Å². The molecule has 0 aliphatic carbocycles. The summed E-state index contributed by atoms with van der Waals surface area (Å²) in [6.07, 6.45) is 6.47. The number of aliphatic hydroxyl groups excluding tert-OH is 1. The molecule has 2 atom stereocenters. The van der Waals surface area contributed by atoms with E-state index in [1.165, 1.54) is 0 Å². The molecule has 4 nitrogen and oxygen atoms in total. The van der Waals surface area contributed by atoms with Crippen LogP contribution in [-0.2, 0) is 17.4 Å². The van der Waals surface area contributed by atoms with Crippen molar-refractivity contribution < 1.29 is 14.1 Å². The second kappa shape index (κ2) is 10.6. The molecule has 2 unspecified atom stereocenters. The summed E-state index contributed by atoms with van der Waals surface area (Å²) in [4.78, 5) is 0.816. The molecule has 2 N–H and O–H groups in total. The van der Waals surface area contributed by atoms with Gasteiger partial charge in [-0.25, -0.2) is 0 Å². The van der Waals surface area contributed by atoms with Gasteiger partial charge in [-0.2, -0.15) is 0 Å². The Hall–Kier alpha value is -1.69. The maximum absolute atomic E-state index is 13.6. The minimum atomic E-state index is -1.15. The third-order valence-electron chi connectivity index (χ3n) is 6.15. The average molecular weight is 430 g/mol. The van der Waals surface area contributed by atoms with Crippen LogP contribution in [0.4, 0.5) is 0 Å². The van der Waals surface area contributed by atoms with Crippen LogP contribution in [0.25, 0.3) is 0 Å². The molecule has 1 heterocycles. The van der Waals surface area contributed by atoms with Crippen LogP contribution in [0.2, 0.25) is 0 Å². The van der Waals surface area contributed by atoms with Gasteiger partial charge in [-0.1, -0.05) is 69.9 Å². The van der Waals surface area contributed by atoms with Crippen LogP contribution in [0.5, 0.6) is 5.75 Å². The molecular weight excluding hydrogens is 394 g/mol. The molecule has 0 radical (unpaired) electrons. The predicted molar refractivity (Wildman–Crippen MR) is 123 cm³/mol. The first-order chi connectivity index (χ1) is 14.6. The molecule has 164 valence electrons. The molecule has 0 saturated heterocycles. The van der Waals surface area contributed by atoms with E-state index in [2.05, 4.69) is 43.4 Å². The Bertz CT molecular complexity index is 845. The van der Waals surface area contributed by atoms with Gasteiger partial charge < -0.3 is 9.84 Å². The van der Waals surface area contributed by atoms with Crippen molar-refractivity contribution in [2.75, 3.05) is 12.9 Å². The van der Waals surface area contributed by atoms with Crippen LogP contribution in [-0.4, -0.2) is 27.7 Å². The molecule has 5 heteroatoms. The molecule has 1 aliphatic heterocycles. The monoisotopic (exact) mass is 429 g/mol. The first kappa shape index (κ1) is 23.0. The van der Waals surface area contributed by atoms with E-state index >= 15 is 0 Å². The van der Waals surface area contributed by atoms with Crippen molar-refractivity contribution in [1.82, 2.24) is 5.32 Å². The Morgan fingerprint density at radius 3 is 2.37 bits per heavy atom. The van der Waals surface area contributed by atoms with Crippen molar-refractivity contribution in [1.29, 1.82) is 0 Å². The summed E-state index contributed by atoms with van der Waals surface area (Å²) >= 11 is 0. The van der Waals surface area contributed by atoms with Crippen molar-refractivity contribution in [3.8, 4) is 5.75 Å². The molecule has 3 rings (SSSR count). The van der Waals surface area contributed by atoms with E-state index in [1.807, 2.05) is 18.2 Å². The van der Waals surface area contributed by atoms with Gasteiger partial charge in [-0.15, -0.1) is 0 Å². The van der Waals surface area contributed by atoms with E-state index in [1.54, 1.807) is 7.11 Å². The summed E-state index contributed by atoms with van der Waals surface area (Å²) in [5.41, 5.74) is 2.66. The molecule has 0 saturated carbocycles. The van der Waals surface area contributed by atoms with Crippen LogP contribution in [0, 0.1) is 0 Å². The maximum atomic E-state index is 13.6. The number of hydrogen-bond acceptors (Lipinski definition) is 4. The SMILES string of the molecule is CCCCC1(CCCC)CS(=O)c2cc(CO)c(OC)cc2C(c2ccccc2)N1. The highest BCUT2D eigenvalue weighted by atomic mass is 32.2. The Balaban J connectivity index is 2.17. The number of hydrogen-bond donors (Lipinski definition) is 2. The molecule has 2 aromatic carbocycles. The third-order valence-corrected chi connectivity index (χ3v) is 7.81. The largest absolute Gasteiger partial charge is 0.496 e. The van der Waals surface area contributed by atoms with Gasteiger partial charge in [0.15, 0.2) is 0 Å². The van der Waals surface area contributed by atoms with Crippen LogP contribution in [0.15, 0.2) is 47.4 Å². The average Bonchev–Trinajstić information content (AvgIpc) is 2.90. The van der Waals surface area contributed by atoms with E-state index in [4.69, 9.17) is 4.74 Å². The highest BCUT2D eigenvalue weighted by Crippen LogP contribution is 2.40. The molecule has 2 aromatic rings. The zero-order valence-electron chi connectivity index (χ0n) is 18.4. The summed E-state index contributed by atoms with van der Waals surface area (Å²) in [7, 11) is 0.463. The Kier molecular flexibility index (Phi) is 8.09. The second-order valence-corrected chi connectivity index (χ2v) is 9.74. The fourth-order valence-electron chi connectivity index (χ4n) is 4.46. The van der Waals surface area contributed by atoms with Crippen molar-refractivity contribution in [3.63, 3.8) is 0 Å². The molecule has 30 heavy (non-hydrogen) atoms. The summed E-state index contributed by atoms with van der Waals surface area (Å²) in [6, 6.07) is 14.2. The van der Waals surface area contributed by atoms with E-state index in [-0.39, 0.29) is 18.2 Å². The van der Waals surface area contributed by atoms with Crippen LogP contribution in [0.1, 0.15) is 75.1 Å². The predicted octanol–water partition coefficient (Wildman–Crippen LogP) is 5.11. The highest BCUT2D eigenvalue weighted by molar-refractivity contribution is 7.85. The number of methoxy groups -OCH3 is 1. The molecular formula is C25H35NO3S. The van der Waals surface area contributed by atoms with Gasteiger partial charge in [0.1, 0.15) is 5.75 Å².